The number of benzene rings is 3. The molecule has 0 aliphatic heterocycles. The summed E-state index contributed by atoms with van der Waals surface area (Å²) >= 11 is 0. The maximum Gasteiger partial charge on any atom is 0.455 e. The third-order valence-electron chi connectivity index (χ3n) is 6.20. The molecule has 3 aromatic rings. The number of carboxylic acids is 1. The highest BCUT2D eigenvalue weighted by Gasteiger charge is 2.57. The lowest BCUT2D eigenvalue weighted by Gasteiger charge is -2.20. The van der Waals surface area contributed by atoms with E-state index >= 15 is 0 Å². The van der Waals surface area contributed by atoms with Crippen LogP contribution in [0.1, 0.15) is 22.3 Å². The number of sulfonamides is 1. The van der Waals surface area contributed by atoms with Gasteiger partial charge in [-0.1, -0.05) is 54.1 Å². The van der Waals surface area contributed by atoms with Gasteiger partial charge in [-0.15, -0.1) is 0 Å². The standard InChI is InChI=1S/C28H28F5N3O5S/c1-16-11-17(2)24(18(3)12-16)42(40,41)36-23(25(37)38)13-19-7-9-20(10-8-19)21-5-4-6-22(14-21)35-26(39)34-15-27(29,30)28(31,32)33/h4-12,14,23,36H,13,15H2,1-3H3,(H,37,38)(H2,34,35,39)/t23-/m0/s1. The van der Waals surface area contributed by atoms with E-state index in [1.54, 1.807) is 56.3 Å². The van der Waals surface area contributed by atoms with Gasteiger partial charge in [-0.25, -0.2) is 13.2 Å². The molecule has 8 nitrogen and oxygen atoms in total. The summed E-state index contributed by atoms with van der Waals surface area (Å²) in [5.74, 6) is -6.46. The van der Waals surface area contributed by atoms with Gasteiger partial charge in [0.2, 0.25) is 10.0 Å². The molecule has 42 heavy (non-hydrogen) atoms. The summed E-state index contributed by atoms with van der Waals surface area (Å²) in [6.07, 6.45) is -5.97. The molecule has 1 atom stereocenters. The lowest BCUT2D eigenvalue weighted by atomic mass is 10.0. The highest BCUT2D eigenvalue weighted by molar-refractivity contribution is 7.89. The number of aryl methyl sites for hydroxylation is 3. The number of rotatable bonds is 10. The Morgan fingerprint density at radius 3 is 2.02 bits per heavy atom. The zero-order valence-corrected chi connectivity index (χ0v) is 23.5. The van der Waals surface area contributed by atoms with E-state index in [0.29, 0.717) is 27.8 Å². The lowest BCUT2D eigenvalue weighted by Crippen LogP contribution is -2.47. The molecule has 0 aliphatic rings. The molecule has 0 saturated heterocycles. The number of halogens is 5. The molecule has 2 amide bonds. The number of alkyl halides is 5. The summed E-state index contributed by atoms with van der Waals surface area (Å²) in [6, 6.07) is 13.1. The van der Waals surface area contributed by atoms with E-state index in [4.69, 9.17) is 0 Å². The number of anilines is 1. The third-order valence-corrected chi connectivity index (χ3v) is 7.98. The Hall–Kier alpha value is -4.04. The van der Waals surface area contributed by atoms with Crippen LogP contribution in [-0.4, -0.2) is 50.2 Å². The maximum atomic E-state index is 13.1. The maximum absolute atomic E-state index is 13.1. The topological polar surface area (TPSA) is 125 Å². The van der Waals surface area contributed by atoms with E-state index < -0.39 is 46.7 Å². The minimum absolute atomic E-state index is 0.0194. The van der Waals surface area contributed by atoms with E-state index in [2.05, 4.69) is 10.0 Å². The Kier molecular flexibility index (Phi) is 9.63. The number of urea groups is 1. The van der Waals surface area contributed by atoms with Crippen molar-refractivity contribution in [2.24, 2.45) is 0 Å². The van der Waals surface area contributed by atoms with E-state index in [9.17, 15) is 45.1 Å². The van der Waals surface area contributed by atoms with Gasteiger partial charge in [0.05, 0.1) is 11.4 Å². The third kappa shape index (κ3) is 8.03. The van der Waals surface area contributed by atoms with E-state index in [1.807, 2.05) is 6.92 Å². The molecule has 0 bridgehead atoms. The summed E-state index contributed by atoms with van der Waals surface area (Å²) in [6.45, 7) is 3.16. The highest BCUT2D eigenvalue weighted by atomic mass is 32.2. The summed E-state index contributed by atoms with van der Waals surface area (Å²) in [4.78, 5) is 23.8. The Bertz CT molecular complexity index is 1550. The molecule has 0 unspecified atom stereocenters. The summed E-state index contributed by atoms with van der Waals surface area (Å²) in [5.41, 5.74) is 3.61. The fourth-order valence-corrected chi connectivity index (χ4v) is 5.97. The monoisotopic (exact) mass is 613 g/mol. The smallest absolute Gasteiger partial charge is 0.455 e. The first kappa shape index (κ1) is 32.5. The van der Waals surface area contributed by atoms with Gasteiger partial charge in [-0.3, -0.25) is 4.79 Å². The van der Waals surface area contributed by atoms with Crippen LogP contribution >= 0.6 is 0 Å². The van der Waals surface area contributed by atoms with Crippen molar-refractivity contribution in [2.75, 3.05) is 11.9 Å². The van der Waals surface area contributed by atoms with Gasteiger partial charge < -0.3 is 15.7 Å². The first-order valence-corrected chi connectivity index (χ1v) is 13.9. The molecule has 14 heteroatoms. The van der Waals surface area contributed by atoms with E-state index in [0.717, 1.165) is 5.56 Å². The van der Waals surface area contributed by atoms with Crippen molar-refractivity contribution in [3.8, 4) is 11.1 Å². The van der Waals surface area contributed by atoms with Crippen molar-refractivity contribution < 1.29 is 45.1 Å². The molecule has 4 N–H and O–H groups in total. The molecule has 0 radical (unpaired) electrons. The van der Waals surface area contributed by atoms with Crippen LogP contribution in [0.2, 0.25) is 0 Å². The number of amides is 2. The minimum atomic E-state index is -5.81. The number of aliphatic carboxylic acids is 1. The second-order valence-corrected chi connectivity index (χ2v) is 11.4. The number of carboxylic acid groups (broad SMARTS) is 1. The SMILES string of the molecule is Cc1cc(C)c(S(=O)(=O)N[C@@H](Cc2ccc(-c3cccc(NC(=O)NCC(F)(F)C(F)(F)F)c3)cc2)C(=O)O)c(C)c1. The Morgan fingerprint density at radius 1 is 0.881 bits per heavy atom. The van der Waals surface area contributed by atoms with Gasteiger partial charge in [0.1, 0.15) is 6.04 Å². The fourth-order valence-electron chi connectivity index (χ4n) is 4.33. The largest absolute Gasteiger partial charge is 0.480 e. The molecule has 0 aromatic heterocycles. The Labute approximate surface area is 239 Å². The quantitative estimate of drug-likeness (QED) is 0.223. The molecular formula is C28H28F5N3O5S. The molecule has 0 fully saturated rings. The predicted molar refractivity (Wildman–Crippen MR) is 146 cm³/mol. The van der Waals surface area contributed by atoms with Crippen molar-refractivity contribution in [3.63, 3.8) is 0 Å². The molecule has 0 heterocycles. The summed E-state index contributed by atoms with van der Waals surface area (Å²) in [7, 11) is -4.16. The Balaban J connectivity index is 1.70. The van der Waals surface area contributed by atoms with E-state index in [-0.39, 0.29) is 17.0 Å². The van der Waals surface area contributed by atoms with Crippen LogP contribution in [0, 0.1) is 20.8 Å². The first-order valence-electron chi connectivity index (χ1n) is 12.4. The lowest BCUT2D eigenvalue weighted by molar-refractivity contribution is -0.278. The van der Waals surface area contributed by atoms with Crippen LogP contribution in [0.25, 0.3) is 11.1 Å². The molecule has 0 aliphatic carbocycles. The van der Waals surface area contributed by atoms with Crippen LogP contribution in [-0.2, 0) is 21.2 Å². The number of carbonyl (C=O) groups is 2. The normalized spacial score (nSPS) is 13.0. The molecule has 0 saturated carbocycles. The number of hydrogen-bond donors (Lipinski definition) is 4. The highest BCUT2D eigenvalue weighted by Crippen LogP contribution is 2.34. The van der Waals surface area contributed by atoms with Gasteiger partial charge >= 0.3 is 24.1 Å². The van der Waals surface area contributed by atoms with Gasteiger partial charge in [0.15, 0.2) is 0 Å². The molecule has 226 valence electrons. The minimum Gasteiger partial charge on any atom is -0.480 e. The predicted octanol–water partition coefficient (Wildman–Crippen LogP) is 5.57. The molecule has 3 aromatic carbocycles. The summed E-state index contributed by atoms with van der Waals surface area (Å²) < 4.78 is 91.4. The Morgan fingerprint density at radius 2 is 1.48 bits per heavy atom. The van der Waals surface area contributed by atoms with Gasteiger partial charge in [-0.2, -0.15) is 26.7 Å². The van der Waals surface area contributed by atoms with Crippen LogP contribution in [0.5, 0.6) is 0 Å². The summed E-state index contributed by atoms with van der Waals surface area (Å²) in [5, 5.41) is 13.4. The van der Waals surface area contributed by atoms with Crippen LogP contribution in [0.15, 0.2) is 65.6 Å². The average Bonchev–Trinajstić information content (AvgIpc) is 2.86. The van der Waals surface area contributed by atoms with E-state index in [1.165, 1.54) is 23.5 Å². The zero-order valence-electron chi connectivity index (χ0n) is 22.6. The van der Waals surface area contributed by atoms with Crippen LogP contribution < -0.4 is 15.4 Å². The van der Waals surface area contributed by atoms with Crippen molar-refractivity contribution >= 4 is 27.7 Å². The second kappa shape index (κ2) is 12.4. The van der Waals surface area contributed by atoms with Gasteiger partial charge in [0, 0.05) is 5.69 Å². The number of hydrogen-bond acceptors (Lipinski definition) is 4. The zero-order chi connectivity index (χ0) is 31.5. The second-order valence-electron chi connectivity index (χ2n) is 9.73. The molecule has 0 spiro atoms. The average molecular weight is 614 g/mol. The van der Waals surface area contributed by atoms with Crippen LogP contribution in [0.4, 0.5) is 32.4 Å². The molecule has 3 rings (SSSR count). The van der Waals surface area contributed by atoms with Crippen LogP contribution in [0.3, 0.4) is 0 Å². The number of nitrogens with one attached hydrogen (secondary N) is 3. The molecular weight excluding hydrogens is 585 g/mol. The van der Waals surface area contributed by atoms with Gasteiger partial charge in [-0.05, 0) is 67.1 Å². The van der Waals surface area contributed by atoms with Crippen molar-refractivity contribution in [1.82, 2.24) is 10.0 Å². The van der Waals surface area contributed by atoms with Crippen molar-refractivity contribution in [2.45, 2.75) is 50.2 Å². The van der Waals surface area contributed by atoms with Gasteiger partial charge in [0.25, 0.3) is 0 Å². The first-order chi connectivity index (χ1) is 19.4. The van der Waals surface area contributed by atoms with Crippen molar-refractivity contribution in [1.29, 1.82) is 0 Å². The van der Waals surface area contributed by atoms with Crippen molar-refractivity contribution in [3.05, 3.63) is 82.9 Å². The number of carbonyl (C=O) groups excluding carboxylic acids is 1. The fraction of sp³-hybridized carbons (Fsp3) is 0.286.